The molecule has 156 valence electrons. The molecule has 0 spiro atoms. The predicted molar refractivity (Wildman–Crippen MR) is 96.3 cm³/mol. The fourth-order valence-corrected chi connectivity index (χ4v) is 2.66. The van der Waals surface area contributed by atoms with Gasteiger partial charge in [-0.25, -0.2) is 19.3 Å². The number of rotatable bonds is 6. The topological polar surface area (TPSA) is 97.8 Å². The summed E-state index contributed by atoms with van der Waals surface area (Å²) >= 11 is 0. The number of aromatic amines is 1. The van der Waals surface area contributed by atoms with Crippen molar-refractivity contribution in [3.8, 4) is 17.4 Å². The molecule has 3 rings (SSSR count). The zero-order valence-corrected chi connectivity index (χ0v) is 15.4. The molecular weight excluding hydrogens is 408 g/mol. The minimum absolute atomic E-state index is 0.0128. The molecule has 3 aromatic rings. The second-order valence-corrected chi connectivity index (χ2v) is 6.32. The van der Waals surface area contributed by atoms with Gasteiger partial charge in [0.2, 0.25) is 0 Å². The van der Waals surface area contributed by atoms with Gasteiger partial charge in [0, 0.05) is 24.9 Å². The molecule has 1 N–H and O–H groups in total. The van der Waals surface area contributed by atoms with E-state index < -0.39 is 35.2 Å². The number of carbonyl (C=O) groups is 1. The smallest absolute Gasteiger partial charge is 0.403 e. The number of halogens is 4. The number of H-pyrrole nitrogens is 1. The highest BCUT2D eigenvalue weighted by Crippen LogP contribution is 2.29. The van der Waals surface area contributed by atoms with Gasteiger partial charge in [-0.3, -0.25) is 9.59 Å². The summed E-state index contributed by atoms with van der Waals surface area (Å²) in [6.07, 6.45) is -2.29. The molecule has 0 aliphatic carbocycles. The number of ether oxygens (including phenoxy) is 1. The molecule has 11 heteroatoms. The first-order chi connectivity index (χ1) is 14.1. The van der Waals surface area contributed by atoms with Crippen LogP contribution in [0, 0.1) is 5.82 Å². The summed E-state index contributed by atoms with van der Waals surface area (Å²) in [5.74, 6) is -3.11. The van der Waals surface area contributed by atoms with Crippen molar-refractivity contribution in [2.24, 2.45) is 0 Å². The number of Topliss-reactive ketones (excluding diaryl/α,β-unsaturated/α-hetero) is 1. The summed E-state index contributed by atoms with van der Waals surface area (Å²) < 4.78 is 54.2. The average Bonchev–Trinajstić information content (AvgIpc) is 2.68. The number of aromatic nitrogens is 4. The van der Waals surface area contributed by atoms with E-state index in [0.29, 0.717) is 0 Å². The Morgan fingerprint density at radius 3 is 2.53 bits per heavy atom. The van der Waals surface area contributed by atoms with Gasteiger partial charge in [-0.05, 0) is 29.7 Å². The summed E-state index contributed by atoms with van der Waals surface area (Å²) in [6, 6.07) is 5.53. The maximum Gasteiger partial charge on any atom is 0.573 e. The van der Waals surface area contributed by atoms with Crippen LogP contribution in [0.2, 0.25) is 0 Å². The van der Waals surface area contributed by atoms with Gasteiger partial charge in [0.15, 0.2) is 29.0 Å². The van der Waals surface area contributed by atoms with Crippen LogP contribution in [0.25, 0.3) is 11.6 Å². The maximum absolute atomic E-state index is 13.9. The van der Waals surface area contributed by atoms with E-state index in [1.807, 2.05) is 0 Å². The van der Waals surface area contributed by atoms with Crippen molar-refractivity contribution in [2.45, 2.75) is 25.6 Å². The third kappa shape index (κ3) is 5.25. The lowest BCUT2D eigenvalue weighted by molar-refractivity contribution is -0.275. The molecular formula is C19H14F4N4O3. The molecule has 7 nitrogen and oxygen atoms in total. The lowest BCUT2D eigenvalue weighted by atomic mass is 9.94. The molecule has 0 saturated heterocycles. The highest BCUT2D eigenvalue weighted by atomic mass is 19.4. The standard InChI is InChI=1S/C19H14F4N4O3/c1-10(11-3-4-15(12(20)8-11)30-19(21,22)23)7-14(28)13-9-16(29)27-18(26-13)17-24-5-2-6-25-17/h2-6,8-10H,7H2,1H3,(H,26,27,29)/t10-/m0/s1. The van der Waals surface area contributed by atoms with E-state index in [-0.39, 0.29) is 29.3 Å². The molecule has 0 bridgehead atoms. The van der Waals surface area contributed by atoms with Crippen LogP contribution in [0.5, 0.6) is 5.75 Å². The molecule has 2 heterocycles. The molecule has 0 aliphatic heterocycles. The van der Waals surface area contributed by atoms with Gasteiger partial charge in [0.05, 0.1) is 0 Å². The Hall–Kier alpha value is -3.63. The summed E-state index contributed by atoms with van der Waals surface area (Å²) in [6.45, 7) is 1.59. The monoisotopic (exact) mass is 422 g/mol. The van der Waals surface area contributed by atoms with E-state index in [2.05, 4.69) is 24.7 Å². The van der Waals surface area contributed by atoms with E-state index >= 15 is 0 Å². The molecule has 0 unspecified atom stereocenters. The summed E-state index contributed by atoms with van der Waals surface area (Å²) in [5, 5.41) is 0. The Morgan fingerprint density at radius 2 is 1.90 bits per heavy atom. The van der Waals surface area contributed by atoms with Crippen molar-refractivity contribution in [3.63, 3.8) is 0 Å². The quantitative estimate of drug-likeness (QED) is 0.481. The van der Waals surface area contributed by atoms with Crippen molar-refractivity contribution < 1.29 is 27.1 Å². The number of hydrogen-bond donors (Lipinski definition) is 1. The second-order valence-electron chi connectivity index (χ2n) is 6.32. The van der Waals surface area contributed by atoms with Crippen molar-refractivity contribution in [1.29, 1.82) is 0 Å². The first kappa shape index (κ1) is 21.1. The number of nitrogens with one attached hydrogen (secondary N) is 1. The minimum Gasteiger partial charge on any atom is -0.403 e. The molecule has 0 amide bonds. The van der Waals surface area contributed by atoms with Gasteiger partial charge in [-0.2, -0.15) is 0 Å². The number of nitrogens with zero attached hydrogens (tertiary/aromatic N) is 3. The van der Waals surface area contributed by atoms with Gasteiger partial charge in [-0.1, -0.05) is 13.0 Å². The van der Waals surface area contributed by atoms with Crippen LogP contribution in [0.3, 0.4) is 0 Å². The van der Waals surface area contributed by atoms with Crippen LogP contribution >= 0.6 is 0 Å². The molecule has 0 fully saturated rings. The Labute approximate surface area is 166 Å². The van der Waals surface area contributed by atoms with Crippen molar-refractivity contribution in [2.75, 3.05) is 0 Å². The first-order valence-corrected chi connectivity index (χ1v) is 8.59. The van der Waals surface area contributed by atoms with Gasteiger partial charge >= 0.3 is 6.36 Å². The van der Waals surface area contributed by atoms with E-state index in [0.717, 1.165) is 18.2 Å². The van der Waals surface area contributed by atoms with E-state index in [1.54, 1.807) is 13.0 Å². The SMILES string of the molecule is C[C@@H](CC(=O)c1cc(=O)[nH]c(-c2ncccn2)n1)c1ccc(OC(F)(F)F)c(F)c1. The zero-order chi connectivity index (χ0) is 21.9. The van der Waals surface area contributed by atoms with Gasteiger partial charge < -0.3 is 9.72 Å². The Morgan fingerprint density at radius 1 is 1.20 bits per heavy atom. The Bertz CT molecular complexity index is 1120. The van der Waals surface area contributed by atoms with Crippen molar-refractivity contribution in [3.05, 3.63) is 70.2 Å². The molecule has 1 aromatic carbocycles. The Kier molecular flexibility index (Phi) is 5.90. The molecule has 0 aliphatic rings. The van der Waals surface area contributed by atoms with Crippen LogP contribution in [-0.4, -0.2) is 32.1 Å². The number of alkyl halides is 3. The van der Waals surface area contributed by atoms with Crippen LogP contribution in [0.4, 0.5) is 17.6 Å². The number of hydrogen-bond acceptors (Lipinski definition) is 6. The molecule has 1 atom stereocenters. The van der Waals surface area contributed by atoms with Gasteiger partial charge in [-0.15, -0.1) is 13.2 Å². The lowest BCUT2D eigenvalue weighted by Crippen LogP contribution is -2.18. The summed E-state index contributed by atoms with van der Waals surface area (Å²) in [4.78, 5) is 38.9. The first-order valence-electron chi connectivity index (χ1n) is 8.59. The zero-order valence-electron chi connectivity index (χ0n) is 15.4. The van der Waals surface area contributed by atoms with Crippen LogP contribution in [0.15, 0.2) is 47.5 Å². The fourth-order valence-electron chi connectivity index (χ4n) is 2.66. The average molecular weight is 422 g/mol. The maximum atomic E-state index is 13.9. The number of benzene rings is 1. The molecule has 2 aromatic heterocycles. The largest absolute Gasteiger partial charge is 0.573 e. The van der Waals surface area contributed by atoms with E-state index in [4.69, 9.17) is 0 Å². The Balaban J connectivity index is 1.78. The van der Waals surface area contributed by atoms with Crippen LogP contribution < -0.4 is 10.3 Å². The highest BCUT2D eigenvalue weighted by Gasteiger charge is 2.32. The third-order valence-corrected chi connectivity index (χ3v) is 4.05. The highest BCUT2D eigenvalue weighted by molar-refractivity contribution is 5.94. The normalized spacial score (nSPS) is 12.4. The van der Waals surface area contributed by atoms with Gasteiger partial charge in [0.1, 0.15) is 5.69 Å². The fraction of sp³-hybridized carbons (Fsp3) is 0.211. The summed E-state index contributed by atoms with van der Waals surface area (Å²) in [5.41, 5.74) is -0.430. The molecule has 30 heavy (non-hydrogen) atoms. The van der Waals surface area contributed by atoms with Gasteiger partial charge in [0.25, 0.3) is 5.56 Å². The minimum atomic E-state index is -5.02. The van der Waals surface area contributed by atoms with Crippen LogP contribution in [0.1, 0.15) is 35.3 Å². The van der Waals surface area contributed by atoms with E-state index in [1.165, 1.54) is 18.5 Å². The number of carbonyl (C=O) groups excluding carboxylic acids is 1. The predicted octanol–water partition coefficient (Wildman–Crippen LogP) is 3.64. The number of ketones is 1. The summed E-state index contributed by atoms with van der Waals surface area (Å²) in [7, 11) is 0. The third-order valence-electron chi connectivity index (χ3n) is 4.05. The lowest BCUT2D eigenvalue weighted by Gasteiger charge is -2.14. The van der Waals surface area contributed by atoms with E-state index in [9.17, 15) is 27.2 Å². The van der Waals surface area contributed by atoms with Crippen molar-refractivity contribution >= 4 is 5.78 Å². The van der Waals surface area contributed by atoms with Crippen LogP contribution in [-0.2, 0) is 0 Å². The second kappa shape index (κ2) is 8.39. The van der Waals surface area contributed by atoms with Crippen molar-refractivity contribution in [1.82, 2.24) is 19.9 Å². The molecule has 0 radical (unpaired) electrons. The molecule has 0 saturated carbocycles.